The summed E-state index contributed by atoms with van der Waals surface area (Å²) in [5.41, 5.74) is 2.57. The van der Waals surface area contributed by atoms with Crippen molar-refractivity contribution in [2.45, 2.75) is 38.4 Å². The summed E-state index contributed by atoms with van der Waals surface area (Å²) in [6.07, 6.45) is 2.50. The van der Waals surface area contributed by atoms with Crippen LogP contribution in [0.2, 0.25) is 5.02 Å². The molecule has 2 unspecified atom stereocenters. The number of ketones is 1. The van der Waals surface area contributed by atoms with E-state index in [2.05, 4.69) is 18.8 Å². The molecule has 2 nitrogen and oxygen atoms in total. The molecule has 24 heavy (non-hydrogen) atoms. The molecule has 1 aliphatic rings. The number of carbonyl (C=O) groups is 1. The highest BCUT2D eigenvalue weighted by atomic mass is 35.5. The summed E-state index contributed by atoms with van der Waals surface area (Å²) in [6, 6.07) is 14.8. The summed E-state index contributed by atoms with van der Waals surface area (Å²) in [4.78, 5) is 12.5. The van der Waals surface area contributed by atoms with Crippen LogP contribution in [0.5, 0.6) is 0 Å². The first-order valence-electron chi connectivity index (χ1n) is 8.23. The lowest BCUT2D eigenvalue weighted by atomic mass is 9.99. The Morgan fingerprint density at radius 1 is 1.17 bits per heavy atom. The predicted molar refractivity (Wildman–Crippen MR) is 96.2 cm³/mol. The molecule has 2 aromatic rings. The summed E-state index contributed by atoms with van der Waals surface area (Å²) in [6.45, 7) is 2.15. The van der Waals surface area contributed by atoms with Crippen LogP contribution in [0.4, 0.5) is 0 Å². The third kappa shape index (κ3) is 3.87. The molecule has 1 saturated heterocycles. The van der Waals surface area contributed by atoms with Crippen molar-refractivity contribution in [1.29, 1.82) is 0 Å². The monoisotopic (exact) mass is 338 g/mol. The van der Waals surface area contributed by atoms with Gasteiger partial charge >= 0.3 is 0 Å². The topological polar surface area (TPSA) is 29.6 Å². The first-order valence-corrected chi connectivity index (χ1v) is 8.61. The van der Waals surface area contributed by atoms with Gasteiger partial charge in [-0.25, -0.2) is 0 Å². The van der Waals surface area contributed by atoms with Crippen LogP contribution >= 0.6 is 11.6 Å². The van der Waals surface area contributed by atoms with E-state index in [1.165, 1.54) is 0 Å². The second-order valence-corrected chi connectivity index (χ2v) is 6.28. The highest BCUT2D eigenvalue weighted by Gasteiger charge is 2.46. The summed E-state index contributed by atoms with van der Waals surface area (Å²) >= 11 is 5.87. The minimum Gasteiger partial charge on any atom is -0.356 e. The van der Waals surface area contributed by atoms with E-state index in [-0.39, 0.29) is 11.9 Å². The fourth-order valence-electron chi connectivity index (χ4n) is 2.61. The summed E-state index contributed by atoms with van der Waals surface area (Å²) in [7, 11) is 0. The van der Waals surface area contributed by atoms with Gasteiger partial charge in [0.1, 0.15) is 6.10 Å². The van der Waals surface area contributed by atoms with Crippen LogP contribution in [-0.2, 0) is 4.74 Å². The van der Waals surface area contributed by atoms with Crippen molar-refractivity contribution < 1.29 is 9.53 Å². The molecule has 3 heteroatoms. The molecule has 1 fully saturated rings. The Labute approximate surface area is 147 Å². The SMILES string of the molecule is CCCCC#Cc1ccccc1C1OC1C(=O)c1ccc(Cl)cc1. The maximum Gasteiger partial charge on any atom is 0.194 e. The van der Waals surface area contributed by atoms with Crippen molar-refractivity contribution in [2.75, 3.05) is 0 Å². The maximum atomic E-state index is 12.5. The highest BCUT2D eigenvalue weighted by molar-refractivity contribution is 6.30. The van der Waals surface area contributed by atoms with E-state index in [1.54, 1.807) is 24.3 Å². The van der Waals surface area contributed by atoms with E-state index in [9.17, 15) is 4.79 Å². The third-order valence-corrected chi connectivity index (χ3v) is 4.28. The van der Waals surface area contributed by atoms with E-state index >= 15 is 0 Å². The second kappa shape index (κ2) is 7.66. The van der Waals surface area contributed by atoms with Gasteiger partial charge in [-0.15, -0.1) is 0 Å². The number of Topliss-reactive ketones (excluding diaryl/α,β-unsaturated/α-hetero) is 1. The molecule has 0 radical (unpaired) electrons. The number of halogens is 1. The molecule has 2 atom stereocenters. The van der Waals surface area contributed by atoms with Gasteiger partial charge in [-0.2, -0.15) is 0 Å². The molecule has 122 valence electrons. The fourth-order valence-corrected chi connectivity index (χ4v) is 2.73. The van der Waals surface area contributed by atoms with Crippen molar-refractivity contribution in [3.63, 3.8) is 0 Å². The van der Waals surface area contributed by atoms with Gasteiger partial charge in [-0.3, -0.25) is 4.79 Å². The largest absolute Gasteiger partial charge is 0.356 e. The number of benzene rings is 2. The Bertz CT molecular complexity index is 783. The Kier molecular flexibility index (Phi) is 5.35. The van der Waals surface area contributed by atoms with Crippen molar-refractivity contribution >= 4 is 17.4 Å². The number of carbonyl (C=O) groups excluding carboxylic acids is 1. The van der Waals surface area contributed by atoms with Crippen molar-refractivity contribution in [3.8, 4) is 11.8 Å². The van der Waals surface area contributed by atoms with Crippen LogP contribution < -0.4 is 0 Å². The number of hydrogen-bond acceptors (Lipinski definition) is 2. The predicted octanol–water partition coefficient (Wildman–Crippen LogP) is 5.20. The van der Waals surface area contributed by atoms with Crippen LogP contribution in [0.3, 0.4) is 0 Å². The number of rotatable bonds is 5. The maximum absolute atomic E-state index is 12.5. The van der Waals surface area contributed by atoms with Crippen LogP contribution in [0.25, 0.3) is 0 Å². The molecule has 0 aromatic heterocycles. The zero-order valence-corrected chi connectivity index (χ0v) is 14.3. The van der Waals surface area contributed by atoms with Crippen molar-refractivity contribution in [1.82, 2.24) is 0 Å². The van der Waals surface area contributed by atoms with Gasteiger partial charge in [0.05, 0.1) is 0 Å². The lowest BCUT2D eigenvalue weighted by molar-refractivity contribution is 0.0953. The molecular formula is C21H19ClO2. The average Bonchev–Trinajstić information content (AvgIpc) is 3.40. The zero-order chi connectivity index (χ0) is 16.9. The number of ether oxygens (including phenoxy) is 1. The van der Waals surface area contributed by atoms with Crippen LogP contribution in [-0.4, -0.2) is 11.9 Å². The quantitative estimate of drug-likeness (QED) is 0.324. The highest BCUT2D eigenvalue weighted by Crippen LogP contribution is 2.42. The molecule has 3 rings (SSSR count). The van der Waals surface area contributed by atoms with Gasteiger partial charge < -0.3 is 4.74 Å². The standard InChI is InChI=1S/C21H19ClO2/c1-2-3-4-5-8-15-9-6-7-10-18(15)20-21(24-20)19(23)16-11-13-17(22)14-12-16/h6-7,9-14,20-21H,2-4H2,1H3. The van der Waals surface area contributed by atoms with Crippen molar-refractivity contribution in [2.24, 2.45) is 0 Å². The molecule has 0 bridgehead atoms. The van der Waals surface area contributed by atoms with Gasteiger partial charge in [0.15, 0.2) is 11.9 Å². The van der Waals surface area contributed by atoms with E-state index < -0.39 is 6.10 Å². The van der Waals surface area contributed by atoms with Gasteiger partial charge in [-0.1, -0.05) is 55.0 Å². The van der Waals surface area contributed by atoms with Gasteiger partial charge in [0.2, 0.25) is 0 Å². The molecule has 0 aliphatic carbocycles. The van der Waals surface area contributed by atoms with Crippen LogP contribution in [0.1, 0.15) is 53.8 Å². The molecule has 0 N–H and O–H groups in total. The van der Waals surface area contributed by atoms with E-state index in [0.29, 0.717) is 10.6 Å². The number of unbranched alkanes of at least 4 members (excludes halogenated alkanes) is 2. The Balaban J connectivity index is 1.73. The van der Waals surface area contributed by atoms with E-state index in [1.807, 2.05) is 24.3 Å². The number of hydrogen-bond donors (Lipinski definition) is 0. The third-order valence-electron chi connectivity index (χ3n) is 4.02. The summed E-state index contributed by atoms with van der Waals surface area (Å²) < 4.78 is 5.67. The molecular weight excluding hydrogens is 320 g/mol. The minimum atomic E-state index is -0.426. The fraction of sp³-hybridized carbons (Fsp3) is 0.286. The average molecular weight is 339 g/mol. The molecule has 0 saturated carbocycles. The Morgan fingerprint density at radius 3 is 2.67 bits per heavy atom. The zero-order valence-electron chi connectivity index (χ0n) is 13.6. The van der Waals surface area contributed by atoms with E-state index in [4.69, 9.17) is 16.3 Å². The first kappa shape index (κ1) is 16.8. The molecule has 0 amide bonds. The lowest BCUT2D eigenvalue weighted by Gasteiger charge is -2.01. The normalized spacial score (nSPS) is 18.6. The van der Waals surface area contributed by atoms with Gasteiger partial charge in [0.25, 0.3) is 0 Å². The van der Waals surface area contributed by atoms with Crippen LogP contribution in [0.15, 0.2) is 48.5 Å². The first-order chi connectivity index (χ1) is 11.7. The molecule has 1 heterocycles. The lowest BCUT2D eigenvalue weighted by Crippen LogP contribution is -2.08. The van der Waals surface area contributed by atoms with Gasteiger partial charge in [0, 0.05) is 22.6 Å². The molecule has 1 aliphatic heterocycles. The minimum absolute atomic E-state index is 0.00888. The van der Waals surface area contributed by atoms with E-state index in [0.717, 1.165) is 30.4 Å². The second-order valence-electron chi connectivity index (χ2n) is 5.84. The van der Waals surface area contributed by atoms with Crippen LogP contribution in [0, 0.1) is 11.8 Å². The Hall–Kier alpha value is -2.08. The van der Waals surface area contributed by atoms with Crippen molar-refractivity contribution in [3.05, 3.63) is 70.2 Å². The summed E-state index contributed by atoms with van der Waals surface area (Å²) in [5, 5.41) is 0.618. The Morgan fingerprint density at radius 2 is 1.92 bits per heavy atom. The summed E-state index contributed by atoms with van der Waals surface area (Å²) in [5.74, 6) is 6.41. The molecule has 0 spiro atoms. The van der Waals surface area contributed by atoms with Gasteiger partial charge in [-0.05, 0) is 42.3 Å². The smallest absolute Gasteiger partial charge is 0.194 e. The number of epoxide rings is 1. The molecule has 2 aromatic carbocycles.